The predicted octanol–water partition coefficient (Wildman–Crippen LogP) is 18.7. The fourth-order valence-corrected chi connectivity index (χ4v) is 8.82. The lowest BCUT2D eigenvalue weighted by molar-refractivity contribution is -0.167. The van der Waals surface area contributed by atoms with E-state index in [1.165, 1.54) is 199 Å². The Morgan fingerprint density at radius 3 is 0.672 bits per heavy atom. The van der Waals surface area contributed by atoms with E-state index in [0.717, 1.165) is 75.5 Å². The molecule has 0 fully saturated rings. The number of ether oxygens (including phenoxy) is 3. The van der Waals surface area contributed by atoms with Crippen LogP contribution in [0.25, 0.3) is 0 Å². The van der Waals surface area contributed by atoms with Gasteiger partial charge in [0.25, 0.3) is 0 Å². The Labute approximate surface area is 399 Å². The van der Waals surface area contributed by atoms with Gasteiger partial charge in [-0.2, -0.15) is 0 Å². The van der Waals surface area contributed by atoms with E-state index in [1.807, 2.05) is 0 Å². The number of unbranched alkanes of at least 4 members (excludes halogenated alkanes) is 34. The van der Waals surface area contributed by atoms with Crippen LogP contribution in [-0.2, 0) is 28.6 Å². The van der Waals surface area contributed by atoms with E-state index >= 15 is 0 Å². The van der Waals surface area contributed by atoms with E-state index in [0.29, 0.717) is 19.3 Å². The lowest BCUT2D eigenvalue weighted by Gasteiger charge is -2.18. The van der Waals surface area contributed by atoms with E-state index in [-0.39, 0.29) is 31.1 Å². The molecule has 0 amide bonds. The minimum absolute atomic E-state index is 0.0637. The third kappa shape index (κ3) is 51.4. The van der Waals surface area contributed by atoms with Gasteiger partial charge in [0.05, 0.1) is 0 Å². The van der Waals surface area contributed by atoms with Crippen LogP contribution < -0.4 is 0 Å². The number of carbonyl (C=O) groups is 3. The molecular formula is C58H112O6. The fourth-order valence-electron chi connectivity index (χ4n) is 8.82. The number of hydrogen-bond acceptors (Lipinski definition) is 6. The third-order valence-electron chi connectivity index (χ3n) is 13.1. The van der Waals surface area contributed by atoms with Gasteiger partial charge in [0.1, 0.15) is 13.2 Å². The molecule has 0 spiro atoms. The molecule has 6 nitrogen and oxygen atoms in total. The van der Waals surface area contributed by atoms with Crippen LogP contribution in [0.15, 0.2) is 0 Å². The molecular weight excluding hydrogens is 793 g/mol. The van der Waals surface area contributed by atoms with E-state index in [9.17, 15) is 14.4 Å². The van der Waals surface area contributed by atoms with Crippen molar-refractivity contribution in [1.82, 2.24) is 0 Å². The van der Waals surface area contributed by atoms with Gasteiger partial charge in [0.15, 0.2) is 6.10 Å². The average molecular weight is 906 g/mol. The molecule has 0 radical (unpaired) electrons. The number of rotatable bonds is 51. The number of hydrogen-bond donors (Lipinski definition) is 0. The summed E-state index contributed by atoms with van der Waals surface area (Å²) in [6, 6.07) is 0. The largest absolute Gasteiger partial charge is 0.462 e. The van der Waals surface area contributed by atoms with Gasteiger partial charge in [-0.15, -0.1) is 0 Å². The van der Waals surface area contributed by atoms with Crippen LogP contribution >= 0.6 is 0 Å². The Morgan fingerprint density at radius 1 is 0.266 bits per heavy atom. The molecule has 0 unspecified atom stereocenters. The maximum Gasteiger partial charge on any atom is 0.306 e. The summed E-state index contributed by atoms with van der Waals surface area (Å²) in [6.07, 6.45) is 50.9. The van der Waals surface area contributed by atoms with Crippen LogP contribution in [0.1, 0.15) is 318 Å². The highest BCUT2D eigenvalue weighted by Crippen LogP contribution is 2.18. The van der Waals surface area contributed by atoms with Gasteiger partial charge in [-0.25, -0.2) is 0 Å². The Kier molecular flexibility index (Phi) is 48.1. The molecule has 0 aromatic rings. The average Bonchev–Trinajstić information content (AvgIpc) is 3.25. The van der Waals surface area contributed by atoms with Crippen molar-refractivity contribution < 1.29 is 28.6 Å². The van der Waals surface area contributed by atoms with Crippen LogP contribution in [0, 0.1) is 17.8 Å². The van der Waals surface area contributed by atoms with E-state index in [1.54, 1.807) is 0 Å². The van der Waals surface area contributed by atoms with Gasteiger partial charge >= 0.3 is 17.9 Å². The molecule has 0 aliphatic carbocycles. The van der Waals surface area contributed by atoms with Crippen molar-refractivity contribution in [3.8, 4) is 0 Å². The zero-order chi connectivity index (χ0) is 47.0. The highest BCUT2D eigenvalue weighted by atomic mass is 16.6. The standard InChI is InChI=1S/C58H112O6/c1-52(2)44-38-32-26-20-14-10-8-7-9-11-16-23-29-35-41-47-56(59)62-50-55(51-63-57(60)48-42-36-30-24-19-18-22-28-34-40-46-54(5)6)64-58(61)49-43-37-31-25-17-13-12-15-21-27-33-39-45-53(3)4/h52-55H,7-51H2,1-6H3/t55-/m1/s1. The second-order valence-electron chi connectivity index (χ2n) is 21.4. The summed E-state index contributed by atoms with van der Waals surface area (Å²) in [7, 11) is 0. The first kappa shape index (κ1) is 62.4. The first-order valence-electron chi connectivity index (χ1n) is 28.6. The fraction of sp³-hybridized carbons (Fsp3) is 0.948. The van der Waals surface area contributed by atoms with Gasteiger partial charge in [0, 0.05) is 19.3 Å². The van der Waals surface area contributed by atoms with E-state index < -0.39 is 6.10 Å². The van der Waals surface area contributed by atoms with Crippen molar-refractivity contribution in [3.63, 3.8) is 0 Å². The number of esters is 3. The minimum Gasteiger partial charge on any atom is -0.462 e. The Balaban J connectivity index is 4.29. The Bertz CT molecular complexity index is 991. The van der Waals surface area contributed by atoms with Crippen LogP contribution in [0.3, 0.4) is 0 Å². The van der Waals surface area contributed by atoms with Crippen molar-refractivity contribution in [2.24, 2.45) is 17.8 Å². The summed E-state index contributed by atoms with van der Waals surface area (Å²) in [5.41, 5.74) is 0. The zero-order valence-corrected chi connectivity index (χ0v) is 44.1. The van der Waals surface area contributed by atoms with Crippen molar-refractivity contribution in [2.45, 2.75) is 324 Å². The molecule has 0 aromatic heterocycles. The van der Waals surface area contributed by atoms with Crippen LogP contribution in [0.4, 0.5) is 0 Å². The van der Waals surface area contributed by atoms with Crippen LogP contribution in [0.5, 0.6) is 0 Å². The molecule has 0 heterocycles. The Hall–Kier alpha value is -1.59. The topological polar surface area (TPSA) is 78.9 Å². The summed E-state index contributed by atoms with van der Waals surface area (Å²) >= 11 is 0. The molecule has 380 valence electrons. The molecule has 0 aromatic carbocycles. The smallest absolute Gasteiger partial charge is 0.306 e. The molecule has 1 atom stereocenters. The lowest BCUT2D eigenvalue weighted by Crippen LogP contribution is -2.30. The monoisotopic (exact) mass is 905 g/mol. The predicted molar refractivity (Wildman–Crippen MR) is 275 cm³/mol. The molecule has 0 saturated heterocycles. The SMILES string of the molecule is CC(C)CCCCCCCCCCCCCCCCCC(=O)OC[C@H](COC(=O)CCCCCCCCCCCCC(C)C)OC(=O)CCCCCCCCCCCCCCC(C)C. The van der Waals surface area contributed by atoms with Gasteiger partial charge < -0.3 is 14.2 Å². The first-order chi connectivity index (χ1) is 31.1. The van der Waals surface area contributed by atoms with Gasteiger partial charge in [-0.1, -0.05) is 279 Å². The molecule has 0 aliphatic rings. The summed E-state index contributed by atoms with van der Waals surface area (Å²) in [5, 5.41) is 0. The molecule has 0 saturated carbocycles. The Morgan fingerprint density at radius 2 is 0.453 bits per heavy atom. The molecule has 0 bridgehead atoms. The molecule has 0 N–H and O–H groups in total. The van der Waals surface area contributed by atoms with E-state index in [4.69, 9.17) is 14.2 Å². The summed E-state index contributed by atoms with van der Waals surface area (Å²) in [4.78, 5) is 38.1. The maximum atomic E-state index is 12.8. The normalized spacial score (nSPS) is 12.1. The molecule has 0 rings (SSSR count). The van der Waals surface area contributed by atoms with Gasteiger partial charge in [-0.05, 0) is 37.0 Å². The quantitative estimate of drug-likeness (QED) is 0.0344. The van der Waals surface area contributed by atoms with E-state index in [2.05, 4.69) is 41.5 Å². The minimum atomic E-state index is -0.763. The molecule has 0 aliphatic heterocycles. The zero-order valence-electron chi connectivity index (χ0n) is 44.1. The van der Waals surface area contributed by atoms with Crippen LogP contribution in [0.2, 0.25) is 0 Å². The second kappa shape index (κ2) is 49.3. The van der Waals surface area contributed by atoms with Crippen LogP contribution in [-0.4, -0.2) is 37.2 Å². The van der Waals surface area contributed by atoms with Crippen molar-refractivity contribution in [1.29, 1.82) is 0 Å². The maximum absolute atomic E-state index is 12.8. The summed E-state index contributed by atoms with van der Waals surface area (Å²) < 4.78 is 16.9. The number of carbonyl (C=O) groups excluding carboxylic acids is 3. The molecule has 64 heavy (non-hydrogen) atoms. The highest BCUT2D eigenvalue weighted by molar-refractivity contribution is 5.71. The lowest BCUT2D eigenvalue weighted by atomic mass is 10.0. The van der Waals surface area contributed by atoms with Gasteiger partial charge in [-0.3, -0.25) is 14.4 Å². The molecule has 6 heteroatoms. The van der Waals surface area contributed by atoms with Crippen molar-refractivity contribution >= 4 is 17.9 Å². The van der Waals surface area contributed by atoms with Crippen molar-refractivity contribution in [3.05, 3.63) is 0 Å². The third-order valence-corrected chi connectivity index (χ3v) is 13.1. The second-order valence-corrected chi connectivity index (χ2v) is 21.4. The van der Waals surface area contributed by atoms with Crippen molar-refractivity contribution in [2.75, 3.05) is 13.2 Å². The first-order valence-corrected chi connectivity index (χ1v) is 28.6. The summed E-state index contributed by atoms with van der Waals surface area (Å²) in [6.45, 7) is 13.8. The van der Waals surface area contributed by atoms with Gasteiger partial charge in [0.2, 0.25) is 0 Å². The summed E-state index contributed by atoms with van der Waals surface area (Å²) in [5.74, 6) is 1.65. The highest BCUT2D eigenvalue weighted by Gasteiger charge is 2.19.